The van der Waals surface area contributed by atoms with E-state index in [1.54, 1.807) is 12.1 Å². The number of fused-ring (bicyclic) bond motifs is 2. The summed E-state index contributed by atoms with van der Waals surface area (Å²) in [6, 6.07) is 12.8. The lowest BCUT2D eigenvalue weighted by Gasteiger charge is -2.25. The van der Waals surface area contributed by atoms with Crippen LogP contribution in [0, 0.1) is 5.82 Å². The monoisotopic (exact) mass is 282 g/mol. The summed E-state index contributed by atoms with van der Waals surface area (Å²) in [6.07, 6.45) is 1.54. The molecule has 21 heavy (non-hydrogen) atoms. The van der Waals surface area contributed by atoms with Crippen LogP contribution in [0.3, 0.4) is 0 Å². The van der Waals surface area contributed by atoms with E-state index in [0.717, 1.165) is 41.0 Å². The fraction of sp³-hybridized carbons (Fsp3) is 0.235. The lowest BCUT2D eigenvalue weighted by molar-refractivity contribution is 0.164. The van der Waals surface area contributed by atoms with Crippen LogP contribution in [-0.4, -0.2) is 9.55 Å². The zero-order chi connectivity index (χ0) is 14.4. The lowest BCUT2D eigenvalue weighted by atomic mass is 10.0. The standard InChI is InChI=1S/C17H15FN2O/c1-20-14-5-3-2-4-13(14)19-17(20)16-8-6-11-10-12(18)7-9-15(11)21-16/h2-5,7,9-10,16H,6,8H2,1H3. The number of aromatic nitrogens is 2. The maximum Gasteiger partial charge on any atom is 0.157 e. The normalized spacial score (nSPS) is 17.5. The highest BCUT2D eigenvalue weighted by atomic mass is 19.1. The molecule has 0 fully saturated rings. The first-order chi connectivity index (χ1) is 10.2. The van der Waals surface area contributed by atoms with Crippen LogP contribution in [0.15, 0.2) is 42.5 Å². The van der Waals surface area contributed by atoms with Gasteiger partial charge in [0.25, 0.3) is 0 Å². The molecule has 3 nitrogen and oxygen atoms in total. The van der Waals surface area contributed by atoms with E-state index in [2.05, 4.69) is 10.6 Å². The average molecular weight is 282 g/mol. The van der Waals surface area contributed by atoms with Crippen molar-refractivity contribution in [2.75, 3.05) is 0 Å². The first kappa shape index (κ1) is 12.4. The van der Waals surface area contributed by atoms with Crippen molar-refractivity contribution in [2.24, 2.45) is 7.05 Å². The van der Waals surface area contributed by atoms with Crippen molar-refractivity contribution in [1.82, 2.24) is 9.55 Å². The fourth-order valence-electron chi connectivity index (χ4n) is 2.99. The molecule has 2 aromatic carbocycles. The third kappa shape index (κ3) is 1.98. The first-order valence-corrected chi connectivity index (χ1v) is 7.09. The third-order valence-electron chi connectivity index (χ3n) is 4.08. The van der Waals surface area contributed by atoms with Gasteiger partial charge in [-0.15, -0.1) is 0 Å². The quantitative estimate of drug-likeness (QED) is 0.679. The number of hydrogen-bond donors (Lipinski definition) is 0. The number of rotatable bonds is 1. The van der Waals surface area contributed by atoms with Crippen molar-refractivity contribution in [3.8, 4) is 5.75 Å². The summed E-state index contributed by atoms with van der Waals surface area (Å²) < 4.78 is 21.4. The molecule has 0 N–H and O–H groups in total. The second kappa shape index (κ2) is 4.58. The Morgan fingerprint density at radius 1 is 1.24 bits per heavy atom. The molecule has 0 saturated carbocycles. The van der Waals surface area contributed by atoms with Gasteiger partial charge in [0, 0.05) is 7.05 Å². The molecular weight excluding hydrogens is 267 g/mol. The van der Waals surface area contributed by atoms with Crippen LogP contribution in [0.1, 0.15) is 23.9 Å². The minimum atomic E-state index is -0.210. The molecule has 106 valence electrons. The summed E-state index contributed by atoms with van der Waals surface area (Å²) >= 11 is 0. The van der Waals surface area contributed by atoms with Crippen molar-refractivity contribution in [3.63, 3.8) is 0 Å². The summed E-state index contributed by atoms with van der Waals surface area (Å²) in [5.41, 5.74) is 3.01. The molecule has 0 spiro atoms. The molecule has 4 heteroatoms. The van der Waals surface area contributed by atoms with Gasteiger partial charge in [-0.1, -0.05) is 12.1 Å². The number of imidazole rings is 1. The molecule has 1 aliphatic heterocycles. The summed E-state index contributed by atoms with van der Waals surface area (Å²) in [5, 5.41) is 0. The maximum absolute atomic E-state index is 13.2. The van der Waals surface area contributed by atoms with E-state index in [-0.39, 0.29) is 11.9 Å². The number of ether oxygens (including phenoxy) is 1. The molecule has 0 radical (unpaired) electrons. The molecule has 2 heterocycles. The van der Waals surface area contributed by atoms with Gasteiger partial charge < -0.3 is 9.30 Å². The lowest BCUT2D eigenvalue weighted by Crippen LogP contribution is -2.18. The number of hydrogen-bond acceptors (Lipinski definition) is 2. The van der Waals surface area contributed by atoms with E-state index in [1.807, 2.05) is 25.2 Å². The van der Waals surface area contributed by atoms with E-state index in [4.69, 9.17) is 9.72 Å². The molecule has 1 aromatic heterocycles. The number of benzene rings is 2. The van der Waals surface area contributed by atoms with Crippen molar-refractivity contribution < 1.29 is 9.13 Å². The highest BCUT2D eigenvalue weighted by Gasteiger charge is 2.25. The molecular formula is C17H15FN2O. The van der Waals surface area contributed by atoms with Gasteiger partial charge in [0.1, 0.15) is 11.6 Å². The van der Waals surface area contributed by atoms with Crippen LogP contribution in [0.5, 0.6) is 5.75 Å². The van der Waals surface area contributed by atoms with Gasteiger partial charge >= 0.3 is 0 Å². The summed E-state index contributed by atoms with van der Waals surface area (Å²) in [6.45, 7) is 0. The van der Waals surface area contributed by atoms with Crippen molar-refractivity contribution in [2.45, 2.75) is 18.9 Å². The molecule has 0 aliphatic carbocycles. The molecule has 0 saturated heterocycles. The van der Waals surface area contributed by atoms with Crippen LogP contribution >= 0.6 is 0 Å². The van der Waals surface area contributed by atoms with Crippen molar-refractivity contribution in [3.05, 3.63) is 59.7 Å². The van der Waals surface area contributed by atoms with Gasteiger partial charge in [-0.3, -0.25) is 0 Å². The highest BCUT2D eigenvalue weighted by molar-refractivity contribution is 5.75. The predicted molar refractivity (Wildman–Crippen MR) is 78.8 cm³/mol. The molecule has 0 bridgehead atoms. The van der Waals surface area contributed by atoms with Gasteiger partial charge in [0.2, 0.25) is 0 Å². The number of halogens is 1. The van der Waals surface area contributed by atoms with E-state index in [1.165, 1.54) is 6.07 Å². The Morgan fingerprint density at radius 3 is 2.95 bits per heavy atom. The summed E-state index contributed by atoms with van der Waals surface area (Å²) in [5.74, 6) is 1.48. The topological polar surface area (TPSA) is 27.1 Å². The largest absolute Gasteiger partial charge is 0.482 e. The molecule has 4 rings (SSSR count). The molecule has 1 unspecified atom stereocenters. The van der Waals surface area contributed by atoms with Gasteiger partial charge in [-0.25, -0.2) is 9.37 Å². The van der Waals surface area contributed by atoms with Crippen molar-refractivity contribution >= 4 is 11.0 Å². The summed E-state index contributed by atoms with van der Waals surface area (Å²) in [7, 11) is 2.01. The SMILES string of the molecule is Cn1c(C2CCc3cc(F)ccc3O2)nc2ccccc21. The zero-order valence-corrected chi connectivity index (χ0v) is 11.7. The summed E-state index contributed by atoms with van der Waals surface area (Å²) in [4.78, 5) is 4.69. The van der Waals surface area contributed by atoms with Gasteiger partial charge in [-0.2, -0.15) is 0 Å². The number of nitrogens with zero attached hydrogens (tertiary/aromatic N) is 2. The number of para-hydroxylation sites is 2. The second-order valence-electron chi connectivity index (χ2n) is 5.41. The maximum atomic E-state index is 13.2. The van der Waals surface area contributed by atoms with E-state index in [9.17, 15) is 4.39 Å². The molecule has 1 aliphatic rings. The van der Waals surface area contributed by atoms with Crippen molar-refractivity contribution in [1.29, 1.82) is 0 Å². The second-order valence-corrected chi connectivity index (χ2v) is 5.41. The van der Waals surface area contributed by atoms with Crippen LogP contribution in [0.25, 0.3) is 11.0 Å². The fourth-order valence-corrected chi connectivity index (χ4v) is 2.99. The molecule has 0 amide bonds. The average Bonchev–Trinajstić information content (AvgIpc) is 2.84. The Hall–Kier alpha value is -2.36. The van der Waals surface area contributed by atoms with Crippen LogP contribution < -0.4 is 4.74 Å². The van der Waals surface area contributed by atoms with E-state index >= 15 is 0 Å². The van der Waals surface area contributed by atoms with E-state index in [0.29, 0.717) is 0 Å². The predicted octanol–water partition coefficient (Wildman–Crippen LogP) is 3.78. The molecule has 1 atom stereocenters. The number of aryl methyl sites for hydroxylation is 2. The Morgan fingerprint density at radius 2 is 2.10 bits per heavy atom. The smallest absolute Gasteiger partial charge is 0.157 e. The van der Waals surface area contributed by atoms with E-state index < -0.39 is 0 Å². The molecule has 3 aromatic rings. The Kier molecular flexibility index (Phi) is 2.70. The third-order valence-corrected chi connectivity index (χ3v) is 4.08. The highest BCUT2D eigenvalue weighted by Crippen LogP contribution is 2.35. The van der Waals surface area contributed by atoms with Crippen LogP contribution in [0.4, 0.5) is 4.39 Å². The van der Waals surface area contributed by atoms with Gasteiger partial charge in [0.15, 0.2) is 11.9 Å². The van der Waals surface area contributed by atoms with Gasteiger partial charge in [-0.05, 0) is 48.7 Å². The van der Waals surface area contributed by atoms with Gasteiger partial charge in [0.05, 0.1) is 11.0 Å². The minimum Gasteiger partial charge on any atom is -0.482 e. The zero-order valence-electron chi connectivity index (χ0n) is 11.7. The van der Waals surface area contributed by atoms with Crippen LogP contribution in [0.2, 0.25) is 0 Å². The first-order valence-electron chi connectivity index (χ1n) is 7.09. The Balaban J connectivity index is 1.74. The Bertz CT molecular complexity index is 825. The Labute approximate surface area is 122 Å². The minimum absolute atomic E-state index is 0.0830. The van der Waals surface area contributed by atoms with Crippen LogP contribution in [-0.2, 0) is 13.5 Å².